The summed E-state index contributed by atoms with van der Waals surface area (Å²) in [4.78, 5) is 27.0. The number of methoxy groups -OCH3 is 1. The number of nitro benzene ring substituents is 1. The van der Waals surface area contributed by atoms with Crippen LogP contribution in [0.25, 0.3) is 6.08 Å². The van der Waals surface area contributed by atoms with Crippen LogP contribution < -0.4 is 9.47 Å². The van der Waals surface area contributed by atoms with E-state index in [4.69, 9.17) is 14.2 Å². The topological polar surface area (TPSA) is 100 Å². The molecular formula is C24H16BrFN2O6. The Morgan fingerprint density at radius 3 is 2.71 bits per heavy atom. The lowest BCUT2D eigenvalue weighted by atomic mass is 10.1. The Morgan fingerprint density at radius 1 is 1.18 bits per heavy atom. The molecule has 1 heterocycles. The van der Waals surface area contributed by atoms with E-state index in [-0.39, 0.29) is 23.9 Å². The number of rotatable bonds is 7. The number of nitrogens with zero attached hydrogens (tertiary/aromatic N) is 2. The molecule has 3 aromatic rings. The first-order valence-corrected chi connectivity index (χ1v) is 10.7. The van der Waals surface area contributed by atoms with Crippen molar-refractivity contribution in [2.45, 2.75) is 6.61 Å². The van der Waals surface area contributed by atoms with E-state index in [0.717, 1.165) is 0 Å². The predicted molar refractivity (Wildman–Crippen MR) is 125 cm³/mol. The van der Waals surface area contributed by atoms with Gasteiger partial charge in [0.15, 0.2) is 17.2 Å². The highest BCUT2D eigenvalue weighted by Crippen LogP contribution is 2.38. The summed E-state index contributed by atoms with van der Waals surface area (Å²) < 4.78 is 30.5. The van der Waals surface area contributed by atoms with E-state index in [1.807, 2.05) is 0 Å². The summed E-state index contributed by atoms with van der Waals surface area (Å²) >= 11 is 3.43. The fourth-order valence-electron chi connectivity index (χ4n) is 3.19. The minimum Gasteiger partial charge on any atom is -0.493 e. The number of aliphatic imine (C=N–C) groups is 1. The van der Waals surface area contributed by atoms with E-state index < -0.39 is 16.7 Å². The van der Waals surface area contributed by atoms with Crippen molar-refractivity contribution in [1.82, 2.24) is 0 Å². The number of esters is 1. The molecule has 0 atom stereocenters. The van der Waals surface area contributed by atoms with Crippen LogP contribution in [0.1, 0.15) is 16.7 Å². The van der Waals surface area contributed by atoms with Gasteiger partial charge in [-0.1, -0.05) is 18.2 Å². The van der Waals surface area contributed by atoms with Gasteiger partial charge in [-0.05, 0) is 63.5 Å². The zero-order chi connectivity index (χ0) is 24.2. The number of hydrogen-bond acceptors (Lipinski definition) is 7. The van der Waals surface area contributed by atoms with Gasteiger partial charge in [0, 0.05) is 17.7 Å². The third-order valence-corrected chi connectivity index (χ3v) is 5.34. The summed E-state index contributed by atoms with van der Waals surface area (Å²) in [6, 6.07) is 15.1. The van der Waals surface area contributed by atoms with Gasteiger partial charge < -0.3 is 14.2 Å². The average molecular weight is 527 g/mol. The third-order valence-electron chi connectivity index (χ3n) is 4.75. The van der Waals surface area contributed by atoms with E-state index >= 15 is 0 Å². The van der Waals surface area contributed by atoms with Gasteiger partial charge in [-0.25, -0.2) is 14.2 Å². The molecule has 0 radical (unpaired) electrons. The van der Waals surface area contributed by atoms with E-state index in [1.165, 1.54) is 43.5 Å². The first kappa shape index (κ1) is 23.1. The lowest BCUT2D eigenvalue weighted by Crippen LogP contribution is -2.05. The Balaban J connectivity index is 1.58. The number of carbonyl (C=O) groups is 1. The first-order valence-electron chi connectivity index (χ1n) is 9.86. The van der Waals surface area contributed by atoms with Crippen molar-refractivity contribution in [3.63, 3.8) is 0 Å². The number of benzene rings is 3. The van der Waals surface area contributed by atoms with E-state index in [0.29, 0.717) is 32.7 Å². The van der Waals surface area contributed by atoms with Crippen molar-refractivity contribution < 1.29 is 28.3 Å². The molecule has 8 nitrogen and oxygen atoms in total. The maximum atomic E-state index is 13.5. The zero-order valence-corrected chi connectivity index (χ0v) is 19.2. The van der Waals surface area contributed by atoms with Crippen LogP contribution in [0.15, 0.2) is 75.8 Å². The third kappa shape index (κ3) is 5.12. The summed E-state index contributed by atoms with van der Waals surface area (Å²) in [6.45, 7) is 0.0741. The lowest BCUT2D eigenvalue weighted by molar-refractivity contribution is -0.384. The maximum absolute atomic E-state index is 13.5. The molecule has 1 aliphatic heterocycles. The molecule has 0 fully saturated rings. The van der Waals surface area contributed by atoms with Crippen molar-refractivity contribution in [3.05, 3.63) is 103 Å². The summed E-state index contributed by atoms with van der Waals surface area (Å²) in [5.74, 6) is -0.372. The molecule has 172 valence electrons. The zero-order valence-electron chi connectivity index (χ0n) is 17.7. The Kier molecular flexibility index (Phi) is 6.69. The number of nitro groups is 1. The van der Waals surface area contributed by atoms with Gasteiger partial charge in [0.1, 0.15) is 12.4 Å². The van der Waals surface area contributed by atoms with Gasteiger partial charge in [-0.15, -0.1) is 0 Å². The van der Waals surface area contributed by atoms with Crippen molar-refractivity contribution in [2.75, 3.05) is 7.11 Å². The molecule has 0 aliphatic carbocycles. The Labute approximate surface area is 201 Å². The second-order valence-corrected chi connectivity index (χ2v) is 7.95. The van der Waals surface area contributed by atoms with Gasteiger partial charge in [-0.3, -0.25) is 10.1 Å². The summed E-state index contributed by atoms with van der Waals surface area (Å²) in [5, 5.41) is 11.0. The fourth-order valence-corrected chi connectivity index (χ4v) is 3.76. The standard InChI is InChI=1S/C24H16BrFN2O6/c1-32-21-11-15(10-20-24(29)34-23(27-20)16-5-3-6-17(26)12-16)9-19(25)22(21)33-13-14-4-2-7-18(8-14)28(30)31/h2-12H,13H2,1H3/b20-10-. The van der Waals surface area contributed by atoms with Crippen LogP contribution in [0.2, 0.25) is 0 Å². The van der Waals surface area contributed by atoms with Gasteiger partial charge in [0.05, 0.1) is 16.5 Å². The molecule has 0 spiro atoms. The number of non-ortho nitro benzene ring substituents is 1. The van der Waals surface area contributed by atoms with Crippen molar-refractivity contribution in [3.8, 4) is 11.5 Å². The molecular weight excluding hydrogens is 511 g/mol. The number of halogens is 2. The van der Waals surface area contributed by atoms with Crippen LogP contribution >= 0.6 is 15.9 Å². The highest BCUT2D eigenvalue weighted by atomic mass is 79.9. The first-order chi connectivity index (χ1) is 16.3. The van der Waals surface area contributed by atoms with E-state index in [9.17, 15) is 19.3 Å². The quantitative estimate of drug-likeness (QED) is 0.176. The van der Waals surface area contributed by atoms with Crippen LogP contribution in [0, 0.1) is 15.9 Å². The Morgan fingerprint density at radius 2 is 1.97 bits per heavy atom. The highest BCUT2D eigenvalue weighted by molar-refractivity contribution is 9.10. The van der Waals surface area contributed by atoms with Gasteiger partial charge in [-0.2, -0.15) is 0 Å². The molecule has 1 aliphatic rings. The van der Waals surface area contributed by atoms with Gasteiger partial charge >= 0.3 is 5.97 Å². The van der Waals surface area contributed by atoms with E-state index in [2.05, 4.69) is 20.9 Å². The number of ether oxygens (including phenoxy) is 3. The molecule has 34 heavy (non-hydrogen) atoms. The summed E-state index contributed by atoms with van der Waals surface area (Å²) in [7, 11) is 1.46. The number of hydrogen-bond donors (Lipinski definition) is 0. The average Bonchev–Trinajstić information content (AvgIpc) is 3.18. The van der Waals surface area contributed by atoms with Crippen LogP contribution in [-0.2, 0) is 16.1 Å². The SMILES string of the molecule is COc1cc(/C=C2\N=C(c3cccc(F)c3)OC2=O)cc(Br)c1OCc1cccc([N+](=O)[O-])c1. The molecule has 10 heteroatoms. The molecule has 0 bridgehead atoms. The summed E-state index contributed by atoms with van der Waals surface area (Å²) in [5.41, 5.74) is 1.54. The molecule has 0 aromatic heterocycles. The molecule has 0 saturated heterocycles. The minimum absolute atomic E-state index is 0.0127. The number of cyclic esters (lactones) is 1. The van der Waals surface area contributed by atoms with Gasteiger partial charge in [0.2, 0.25) is 5.90 Å². The van der Waals surface area contributed by atoms with Crippen molar-refractivity contribution in [2.24, 2.45) is 4.99 Å². The van der Waals surface area contributed by atoms with Crippen LogP contribution in [0.4, 0.5) is 10.1 Å². The van der Waals surface area contributed by atoms with Crippen LogP contribution in [-0.4, -0.2) is 23.9 Å². The fraction of sp³-hybridized carbons (Fsp3) is 0.0833. The van der Waals surface area contributed by atoms with Crippen molar-refractivity contribution in [1.29, 1.82) is 0 Å². The van der Waals surface area contributed by atoms with Crippen molar-refractivity contribution >= 4 is 39.6 Å². The molecule has 4 rings (SSSR count). The molecule has 0 amide bonds. The Bertz CT molecular complexity index is 1360. The monoisotopic (exact) mass is 526 g/mol. The molecule has 0 N–H and O–H groups in total. The highest BCUT2D eigenvalue weighted by Gasteiger charge is 2.25. The molecule has 0 unspecified atom stereocenters. The largest absolute Gasteiger partial charge is 0.493 e. The summed E-state index contributed by atoms with van der Waals surface area (Å²) in [6.07, 6.45) is 1.51. The van der Waals surface area contributed by atoms with Crippen LogP contribution in [0.5, 0.6) is 11.5 Å². The van der Waals surface area contributed by atoms with Gasteiger partial charge in [0.25, 0.3) is 5.69 Å². The second kappa shape index (κ2) is 9.84. The molecule has 3 aromatic carbocycles. The lowest BCUT2D eigenvalue weighted by Gasteiger charge is -2.13. The smallest absolute Gasteiger partial charge is 0.363 e. The normalized spacial score (nSPS) is 14.0. The van der Waals surface area contributed by atoms with E-state index in [1.54, 1.807) is 30.3 Å². The minimum atomic E-state index is -0.666. The predicted octanol–water partition coefficient (Wildman–Crippen LogP) is 5.43. The second-order valence-electron chi connectivity index (χ2n) is 7.10. The molecule has 0 saturated carbocycles. The van der Waals surface area contributed by atoms with Crippen LogP contribution in [0.3, 0.4) is 0 Å². The number of carbonyl (C=O) groups excluding carboxylic acids is 1. The maximum Gasteiger partial charge on any atom is 0.363 e. The Hall–Kier alpha value is -4.05.